The van der Waals surface area contributed by atoms with Crippen LogP contribution in [0.4, 0.5) is 0 Å². The highest BCUT2D eigenvalue weighted by Gasteiger charge is 2.18. The van der Waals surface area contributed by atoms with Gasteiger partial charge in [0.05, 0.1) is 12.1 Å². The van der Waals surface area contributed by atoms with Crippen molar-refractivity contribution < 1.29 is 9.90 Å². The van der Waals surface area contributed by atoms with Gasteiger partial charge in [-0.15, -0.1) is 0 Å². The van der Waals surface area contributed by atoms with Crippen LogP contribution in [0.1, 0.15) is 23.0 Å². The number of nitrogens with one attached hydrogen (secondary N) is 2. The molecule has 2 rings (SSSR count). The lowest BCUT2D eigenvalue weighted by Crippen LogP contribution is -2.42. The maximum absolute atomic E-state index is 12.0. The molecule has 2 atom stereocenters. The van der Waals surface area contributed by atoms with Crippen molar-refractivity contribution in [1.29, 1.82) is 0 Å². The molecule has 0 saturated carbocycles. The van der Waals surface area contributed by atoms with Crippen LogP contribution in [0.15, 0.2) is 47.1 Å². The molecule has 0 fully saturated rings. The summed E-state index contributed by atoms with van der Waals surface area (Å²) in [6.07, 6.45) is 1.58. The lowest BCUT2D eigenvalue weighted by molar-refractivity contribution is 0.0847. The van der Waals surface area contributed by atoms with Crippen molar-refractivity contribution >= 4 is 21.8 Å². The average Bonchev–Trinajstić information content (AvgIpc) is 2.86. The first-order valence-corrected chi connectivity index (χ1v) is 7.22. The van der Waals surface area contributed by atoms with Gasteiger partial charge in [-0.3, -0.25) is 4.79 Å². The molecule has 5 heteroatoms. The van der Waals surface area contributed by atoms with Gasteiger partial charge in [-0.05, 0) is 34.5 Å². The maximum atomic E-state index is 12.0. The Balaban J connectivity index is 1.91. The van der Waals surface area contributed by atoms with Crippen molar-refractivity contribution in [1.82, 2.24) is 10.3 Å². The largest absolute Gasteiger partial charge is 0.391 e. The number of aliphatic hydroxyl groups is 1. The highest BCUT2D eigenvalue weighted by Crippen LogP contribution is 2.11. The third-order valence-corrected chi connectivity index (χ3v) is 3.57. The predicted octanol–water partition coefficient (Wildman–Crippen LogP) is 2.50. The molecule has 0 aliphatic rings. The van der Waals surface area contributed by atoms with Crippen LogP contribution in [0, 0.1) is 0 Å². The van der Waals surface area contributed by atoms with Gasteiger partial charge in [0.25, 0.3) is 5.91 Å². The summed E-state index contributed by atoms with van der Waals surface area (Å²) in [6.45, 7) is 1.80. The Morgan fingerprint density at radius 3 is 2.70 bits per heavy atom. The molecule has 2 unspecified atom stereocenters. The minimum Gasteiger partial charge on any atom is -0.391 e. The maximum Gasteiger partial charge on any atom is 0.268 e. The summed E-state index contributed by atoms with van der Waals surface area (Å²) in [4.78, 5) is 14.8. The molecule has 1 heterocycles. The first-order chi connectivity index (χ1) is 9.56. The molecule has 106 valence electrons. The Hall–Kier alpha value is -1.59. The summed E-state index contributed by atoms with van der Waals surface area (Å²) in [5, 5.41) is 12.9. The number of benzene rings is 1. The molecule has 1 aromatic heterocycles. The van der Waals surface area contributed by atoms with E-state index in [-0.39, 0.29) is 11.9 Å². The lowest BCUT2D eigenvalue weighted by Gasteiger charge is -2.20. The Morgan fingerprint density at radius 1 is 1.40 bits per heavy atom. The van der Waals surface area contributed by atoms with Crippen LogP contribution in [-0.2, 0) is 6.42 Å². The Labute approximate surface area is 126 Å². The van der Waals surface area contributed by atoms with Crippen molar-refractivity contribution in [2.75, 3.05) is 0 Å². The highest BCUT2D eigenvalue weighted by molar-refractivity contribution is 9.10. The van der Waals surface area contributed by atoms with Crippen molar-refractivity contribution in [3.05, 3.63) is 58.3 Å². The van der Waals surface area contributed by atoms with E-state index in [1.807, 2.05) is 30.3 Å². The molecule has 2 aromatic rings. The van der Waals surface area contributed by atoms with E-state index in [4.69, 9.17) is 0 Å². The number of H-pyrrole nitrogens is 1. The summed E-state index contributed by atoms with van der Waals surface area (Å²) in [5.74, 6) is -0.227. The zero-order valence-corrected chi connectivity index (χ0v) is 12.7. The summed E-state index contributed by atoms with van der Waals surface area (Å²) >= 11 is 3.28. The SMILES string of the molecule is CC(NC(=O)c1cc(Br)c[nH]1)C(O)Cc1ccccc1. The number of hydrogen-bond acceptors (Lipinski definition) is 2. The first kappa shape index (κ1) is 14.8. The van der Waals surface area contributed by atoms with E-state index >= 15 is 0 Å². The molecule has 0 aliphatic carbocycles. The lowest BCUT2D eigenvalue weighted by atomic mass is 10.0. The smallest absolute Gasteiger partial charge is 0.268 e. The van der Waals surface area contributed by atoms with Crippen LogP contribution in [-0.4, -0.2) is 28.1 Å². The third kappa shape index (κ3) is 3.95. The van der Waals surface area contributed by atoms with Gasteiger partial charge in [0.2, 0.25) is 0 Å². The molecule has 1 aromatic carbocycles. The molecule has 20 heavy (non-hydrogen) atoms. The van der Waals surface area contributed by atoms with E-state index in [0.717, 1.165) is 10.0 Å². The van der Waals surface area contributed by atoms with Crippen molar-refractivity contribution in [3.63, 3.8) is 0 Å². The Morgan fingerprint density at radius 2 is 2.10 bits per heavy atom. The van der Waals surface area contributed by atoms with Gasteiger partial charge in [0, 0.05) is 17.1 Å². The predicted molar refractivity (Wildman–Crippen MR) is 81.6 cm³/mol. The van der Waals surface area contributed by atoms with Crippen LogP contribution >= 0.6 is 15.9 Å². The van der Waals surface area contributed by atoms with E-state index in [1.54, 1.807) is 19.2 Å². The van der Waals surface area contributed by atoms with E-state index in [9.17, 15) is 9.90 Å². The fourth-order valence-electron chi connectivity index (χ4n) is 1.91. The molecular formula is C15H17BrN2O2. The van der Waals surface area contributed by atoms with Gasteiger partial charge >= 0.3 is 0 Å². The van der Waals surface area contributed by atoms with Gasteiger partial charge in [0.15, 0.2) is 0 Å². The summed E-state index contributed by atoms with van der Waals surface area (Å²) < 4.78 is 0.820. The van der Waals surface area contributed by atoms with Gasteiger partial charge < -0.3 is 15.4 Å². The average molecular weight is 337 g/mol. The fourth-order valence-corrected chi connectivity index (χ4v) is 2.26. The second-order valence-electron chi connectivity index (χ2n) is 4.75. The topological polar surface area (TPSA) is 65.1 Å². The second-order valence-corrected chi connectivity index (χ2v) is 5.67. The molecule has 0 aliphatic heterocycles. The van der Waals surface area contributed by atoms with E-state index in [0.29, 0.717) is 12.1 Å². The molecular weight excluding hydrogens is 320 g/mol. The molecule has 3 N–H and O–H groups in total. The van der Waals surface area contributed by atoms with Crippen LogP contribution < -0.4 is 5.32 Å². The minimum absolute atomic E-state index is 0.227. The van der Waals surface area contributed by atoms with E-state index in [1.165, 1.54) is 0 Å². The Kier molecular flexibility index (Phi) is 4.98. The molecule has 4 nitrogen and oxygen atoms in total. The van der Waals surface area contributed by atoms with Crippen molar-refractivity contribution in [2.24, 2.45) is 0 Å². The monoisotopic (exact) mass is 336 g/mol. The van der Waals surface area contributed by atoms with Gasteiger partial charge in [0.1, 0.15) is 5.69 Å². The number of halogens is 1. The van der Waals surface area contributed by atoms with Crippen LogP contribution in [0.5, 0.6) is 0 Å². The van der Waals surface area contributed by atoms with Gasteiger partial charge in [-0.25, -0.2) is 0 Å². The quantitative estimate of drug-likeness (QED) is 0.785. The second kappa shape index (κ2) is 6.72. The number of aromatic nitrogens is 1. The number of carbonyl (C=O) groups excluding carboxylic acids is 1. The zero-order chi connectivity index (χ0) is 14.5. The highest BCUT2D eigenvalue weighted by atomic mass is 79.9. The molecule has 0 bridgehead atoms. The molecule has 1 amide bonds. The minimum atomic E-state index is -0.625. The fraction of sp³-hybridized carbons (Fsp3) is 0.267. The number of aromatic amines is 1. The standard InChI is InChI=1S/C15H17BrN2O2/c1-10(14(19)7-11-5-3-2-4-6-11)18-15(20)13-8-12(16)9-17-13/h2-6,8-10,14,17,19H,7H2,1H3,(H,18,20). The van der Waals surface area contributed by atoms with Gasteiger partial charge in [-0.2, -0.15) is 0 Å². The van der Waals surface area contributed by atoms with Gasteiger partial charge in [-0.1, -0.05) is 30.3 Å². The van der Waals surface area contributed by atoms with Crippen LogP contribution in [0.25, 0.3) is 0 Å². The Bertz CT molecular complexity index is 568. The van der Waals surface area contributed by atoms with E-state index < -0.39 is 6.10 Å². The number of hydrogen-bond donors (Lipinski definition) is 3. The molecule has 0 spiro atoms. The molecule has 0 saturated heterocycles. The number of amides is 1. The van der Waals surface area contributed by atoms with Crippen LogP contribution in [0.2, 0.25) is 0 Å². The van der Waals surface area contributed by atoms with Crippen LogP contribution in [0.3, 0.4) is 0 Å². The molecule has 0 radical (unpaired) electrons. The zero-order valence-electron chi connectivity index (χ0n) is 11.1. The van der Waals surface area contributed by atoms with Crippen molar-refractivity contribution in [2.45, 2.75) is 25.5 Å². The number of carbonyl (C=O) groups is 1. The third-order valence-electron chi connectivity index (χ3n) is 3.12. The summed E-state index contributed by atoms with van der Waals surface area (Å²) in [5.41, 5.74) is 1.51. The summed E-state index contributed by atoms with van der Waals surface area (Å²) in [6, 6.07) is 11.1. The number of aliphatic hydroxyl groups excluding tert-OH is 1. The normalized spacial score (nSPS) is 13.8. The summed E-state index contributed by atoms with van der Waals surface area (Å²) in [7, 11) is 0. The first-order valence-electron chi connectivity index (χ1n) is 6.43. The van der Waals surface area contributed by atoms with Crippen molar-refractivity contribution in [3.8, 4) is 0 Å². The number of rotatable bonds is 5. The van der Waals surface area contributed by atoms with E-state index in [2.05, 4.69) is 26.2 Å².